The molecular weight excluding hydrogens is 622 g/mol. The van der Waals surface area contributed by atoms with Crippen LogP contribution in [-0.4, -0.2) is 12.3 Å². The summed E-state index contributed by atoms with van der Waals surface area (Å²) < 4.78 is 0. The van der Waals surface area contributed by atoms with Crippen LogP contribution in [0.1, 0.15) is 0 Å². The van der Waals surface area contributed by atoms with E-state index < -0.39 is 7.32 Å². The van der Waals surface area contributed by atoms with Crippen molar-refractivity contribution >= 4 is 40.8 Å². The second kappa shape index (κ2) is 15.8. The second-order valence-electron chi connectivity index (χ2n) is 6.16. The van der Waals surface area contributed by atoms with E-state index in [2.05, 4.69) is 159 Å². The summed E-state index contributed by atoms with van der Waals surface area (Å²) in [6.45, 7) is 0. The van der Waals surface area contributed by atoms with Gasteiger partial charge in [0.1, 0.15) is 0 Å². The first-order valence-electron chi connectivity index (χ1n) is 9.55. The number of hydrogen-bond acceptors (Lipinski definition) is 3. The van der Waals surface area contributed by atoms with Crippen molar-refractivity contribution in [3.63, 3.8) is 0 Å². The monoisotopic (exact) mass is 642 g/mol. The van der Waals surface area contributed by atoms with Crippen molar-refractivity contribution < 1.29 is 52.5 Å². The molecule has 0 radical (unpaired) electrons. The van der Waals surface area contributed by atoms with Crippen LogP contribution in [0.3, 0.4) is 0 Å². The summed E-state index contributed by atoms with van der Waals surface area (Å²) in [5.41, 5.74) is 0. The predicted molar refractivity (Wildman–Crippen MR) is 126 cm³/mol. The Morgan fingerprint density at radius 2 is 0.625 bits per heavy atom. The van der Waals surface area contributed by atoms with E-state index in [0.717, 1.165) is 0 Å². The van der Waals surface area contributed by atoms with Gasteiger partial charge in [0.05, 0.1) is 7.32 Å². The van der Waals surface area contributed by atoms with Gasteiger partial charge < -0.3 is 15.1 Å². The summed E-state index contributed by atoms with van der Waals surface area (Å²) in [5.74, 6) is 0. The molecule has 0 aliphatic heterocycles. The zero-order valence-electron chi connectivity index (χ0n) is 16.9. The third-order valence-electron chi connectivity index (χ3n) is 3.87. The molecule has 0 heterocycles. The Balaban J connectivity index is 0.000000195. The third kappa shape index (κ3) is 10.3. The Hall–Kier alpha value is -0.990. The Morgan fingerprint density at radius 3 is 0.781 bits per heavy atom. The molecule has 0 fully saturated rings. The number of hydrogen-bond donors (Lipinski definition) is 1. The third-order valence-corrected chi connectivity index (χ3v) is 11.6. The van der Waals surface area contributed by atoms with Crippen LogP contribution in [0.4, 0.5) is 0 Å². The van der Waals surface area contributed by atoms with E-state index in [0.29, 0.717) is 0 Å². The van der Waals surface area contributed by atoms with E-state index in [1.54, 1.807) is 0 Å². The van der Waals surface area contributed by atoms with Gasteiger partial charge in [0.15, 0.2) is 0 Å². The first kappa shape index (κ1) is 27.3. The molecule has 0 atom stereocenters. The summed E-state index contributed by atoms with van der Waals surface area (Å²) in [4.78, 5) is 0. The molecule has 168 valence electrons. The fourth-order valence-corrected chi connectivity index (χ4v) is 7.54. The molecule has 0 aliphatic rings. The standard InChI is InChI=1S/2C12H10P.BHO3.2Pd/c2*1-3-7-11(8-4-1)13-12-9-5-2-6-10-12;2-1(3)4;;/h2*1-10H;2H;;/q2*-1;-2;2*+2. The van der Waals surface area contributed by atoms with Crippen LogP contribution in [-0.2, 0) is 37.4 Å². The van der Waals surface area contributed by atoms with Crippen LogP contribution in [0, 0.1) is 0 Å². The fraction of sp³-hybridized carbons (Fsp3) is 0. The fourth-order valence-electron chi connectivity index (χ4n) is 2.50. The Morgan fingerprint density at radius 1 is 0.469 bits per heavy atom. The molecule has 0 unspecified atom stereocenters. The normalized spacial score (nSPS) is 10.0. The minimum atomic E-state index is -2.67. The van der Waals surface area contributed by atoms with Crippen molar-refractivity contribution in [3.05, 3.63) is 121 Å². The van der Waals surface area contributed by atoms with Gasteiger partial charge in [-0.05, 0) is 0 Å². The van der Waals surface area contributed by atoms with Crippen LogP contribution in [0.25, 0.3) is 0 Å². The zero-order valence-corrected chi connectivity index (χ0v) is 21.8. The van der Waals surface area contributed by atoms with Crippen molar-refractivity contribution in [2.45, 2.75) is 0 Å². The average Bonchev–Trinajstić information content (AvgIpc) is 2.85. The van der Waals surface area contributed by atoms with Gasteiger partial charge in [-0.25, -0.2) is 0 Å². The van der Waals surface area contributed by atoms with Gasteiger partial charge in [0.25, 0.3) is 0 Å². The molecule has 1 N–H and O–H groups in total. The number of rotatable bonds is 4. The summed E-state index contributed by atoms with van der Waals surface area (Å²) in [6, 6.07) is 42.2. The summed E-state index contributed by atoms with van der Waals surface area (Å²) >= 11 is 6.94. The first-order chi connectivity index (χ1) is 15.5. The van der Waals surface area contributed by atoms with Gasteiger partial charge in [0, 0.05) is 0 Å². The van der Waals surface area contributed by atoms with Gasteiger partial charge in [-0.1, -0.05) is 0 Å². The Labute approximate surface area is 213 Å². The van der Waals surface area contributed by atoms with Gasteiger partial charge in [-0.15, -0.1) is 0 Å². The molecule has 0 spiro atoms. The molecule has 0 aliphatic carbocycles. The second-order valence-corrected chi connectivity index (χ2v) is 13.4. The summed E-state index contributed by atoms with van der Waals surface area (Å²) in [6.07, 6.45) is -0.642. The summed E-state index contributed by atoms with van der Waals surface area (Å²) in [5, 5.41) is 29.5. The molecule has 4 rings (SSSR count). The quantitative estimate of drug-likeness (QED) is 0.273. The Bertz CT molecular complexity index is 836. The van der Waals surface area contributed by atoms with Crippen molar-refractivity contribution in [1.29, 1.82) is 0 Å². The molecule has 4 aromatic carbocycles. The van der Waals surface area contributed by atoms with Crippen LogP contribution in [0.5, 0.6) is 0 Å². The average molecular weight is 643 g/mol. The minimum absolute atomic E-state index is 0.321. The molecule has 3 nitrogen and oxygen atoms in total. The van der Waals surface area contributed by atoms with E-state index in [9.17, 15) is 0 Å². The number of benzene rings is 4. The van der Waals surface area contributed by atoms with Crippen LogP contribution in [0.15, 0.2) is 121 Å². The van der Waals surface area contributed by atoms with Crippen molar-refractivity contribution in [3.8, 4) is 0 Å². The van der Waals surface area contributed by atoms with Gasteiger partial charge >= 0.3 is 192 Å². The molecule has 8 heteroatoms. The predicted octanol–water partition coefficient (Wildman–Crippen LogP) is 1.85. The van der Waals surface area contributed by atoms with Crippen LogP contribution in [0.2, 0.25) is 0 Å². The molecule has 0 aromatic heterocycles. The van der Waals surface area contributed by atoms with Gasteiger partial charge in [-0.2, -0.15) is 0 Å². The zero-order chi connectivity index (χ0) is 23.2. The maximum atomic E-state index is 8.53. The topological polar surface area (TPSA) is 66.3 Å². The van der Waals surface area contributed by atoms with Gasteiger partial charge in [0.2, 0.25) is 0 Å². The summed E-state index contributed by atoms with van der Waals surface area (Å²) in [7, 11) is -2.67. The van der Waals surface area contributed by atoms with E-state index in [4.69, 9.17) is 15.1 Å². The molecular formula is C24H21BO3P2Pd2. The van der Waals surface area contributed by atoms with E-state index in [1.165, 1.54) is 21.2 Å². The molecule has 0 saturated heterocycles. The first-order valence-corrected chi connectivity index (χ1v) is 16.1. The van der Waals surface area contributed by atoms with E-state index in [1.807, 2.05) is 0 Å². The molecule has 0 amide bonds. The van der Waals surface area contributed by atoms with Gasteiger partial charge in [-0.3, -0.25) is 0 Å². The molecule has 0 saturated carbocycles. The maximum absolute atomic E-state index is 8.53. The van der Waals surface area contributed by atoms with E-state index >= 15 is 0 Å². The SMILES string of the molecule is [O-]B([O-])O.[Pd+][P](c1ccccc1)c1ccccc1.[Pd+][P](c1ccccc1)c1ccccc1. The molecule has 32 heavy (non-hydrogen) atoms. The molecule has 0 bridgehead atoms. The van der Waals surface area contributed by atoms with Crippen LogP contribution < -0.4 is 31.3 Å². The van der Waals surface area contributed by atoms with Crippen molar-refractivity contribution in [1.82, 2.24) is 0 Å². The van der Waals surface area contributed by atoms with E-state index in [-0.39, 0.29) is 12.2 Å². The van der Waals surface area contributed by atoms with Crippen molar-refractivity contribution in [2.75, 3.05) is 0 Å². The molecule has 4 aromatic rings. The Kier molecular flexibility index (Phi) is 13.4. The van der Waals surface area contributed by atoms with Crippen molar-refractivity contribution in [2.24, 2.45) is 0 Å². The van der Waals surface area contributed by atoms with Crippen LogP contribution >= 0.6 is 12.2 Å².